The number of hydrogen-bond donors (Lipinski definition) is 3. The molecule has 3 amide bonds. The summed E-state index contributed by atoms with van der Waals surface area (Å²) in [5.74, 6) is -0.975. The van der Waals surface area contributed by atoms with Crippen LogP contribution in [0.25, 0.3) is 0 Å². The van der Waals surface area contributed by atoms with E-state index in [-0.39, 0.29) is 12.1 Å². The van der Waals surface area contributed by atoms with Crippen LogP contribution < -0.4 is 10.6 Å². The first-order chi connectivity index (χ1) is 9.97. The van der Waals surface area contributed by atoms with Crippen molar-refractivity contribution in [3.8, 4) is 0 Å². The van der Waals surface area contributed by atoms with Crippen LogP contribution in [0.2, 0.25) is 0 Å². The van der Waals surface area contributed by atoms with Crippen molar-refractivity contribution < 1.29 is 24.2 Å². The van der Waals surface area contributed by atoms with Crippen LogP contribution in [-0.4, -0.2) is 59.9 Å². The predicted molar refractivity (Wildman–Crippen MR) is 72.9 cm³/mol. The lowest BCUT2D eigenvalue weighted by Gasteiger charge is -2.28. The van der Waals surface area contributed by atoms with Crippen LogP contribution in [0.4, 0.5) is 9.59 Å². The summed E-state index contributed by atoms with van der Waals surface area (Å²) < 4.78 is 4.52. The Hall–Kier alpha value is -1.99. The minimum Gasteiger partial charge on any atom is -0.480 e. The summed E-state index contributed by atoms with van der Waals surface area (Å²) in [6.07, 6.45) is 2.64. The summed E-state index contributed by atoms with van der Waals surface area (Å²) in [7, 11) is 1.28. The van der Waals surface area contributed by atoms with E-state index in [2.05, 4.69) is 15.4 Å². The zero-order chi connectivity index (χ0) is 15.5. The van der Waals surface area contributed by atoms with Gasteiger partial charge in [-0.1, -0.05) is 12.8 Å². The summed E-state index contributed by atoms with van der Waals surface area (Å²) in [6.45, 7) is 0.840. The smallest absolute Gasteiger partial charge is 0.407 e. The van der Waals surface area contributed by atoms with Crippen molar-refractivity contribution in [1.29, 1.82) is 0 Å². The highest BCUT2D eigenvalue weighted by Crippen LogP contribution is 2.30. The van der Waals surface area contributed by atoms with Gasteiger partial charge in [0.2, 0.25) is 0 Å². The number of nitrogens with one attached hydrogen (secondary N) is 2. The molecule has 1 aliphatic heterocycles. The topological polar surface area (TPSA) is 108 Å². The maximum absolute atomic E-state index is 12.2. The molecule has 1 aliphatic carbocycles. The van der Waals surface area contributed by atoms with Gasteiger partial charge in [-0.3, -0.25) is 0 Å². The molecule has 2 fully saturated rings. The van der Waals surface area contributed by atoms with Gasteiger partial charge in [0, 0.05) is 13.1 Å². The number of ether oxygens (including phenoxy) is 1. The molecule has 3 N–H and O–H groups in total. The number of carbonyl (C=O) groups is 3. The molecule has 0 aromatic carbocycles. The Morgan fingerprint density at radius 3 is 2.52 bits per heavy atom. The molecule has 1 atom stereocenters. The SMILES string of the molecule is COC(=O)NC1CCN(C(=O)NC2(C(=O)O)CCCC2)C1. The number of aliphatic carboxylic acids is 1. The van der Waals surface area contributed by atoms with Gasteiger partial charge in [-0.25, -0.2) is 14.4 Å². The number of rotatable bonds is 3. The lowest BCUT2D eigenvalue weighted by Crippen LogP contribution is -2.56. The van der Waals surface area contributed by atoms with Crippen LogP contribution in [0, 0.1) is 0 Å². The van der Waals surface area contributed by atoms with E-state index in [9.17, 15) is 19.5 Å². The number of alkyl carbamates (subject to hydrolysis) is 1. The van der Waals surface area contributed by atoms with Gasteiger partial charge in [-0.05, 0) is 19.3 Å². The maximum atomic E-state index is 12.2. The first kappa shape index (κ1) is 15.4. The number of hydrogen-bond acceptors (Lipinski definition) is 4. The Bertz CT molecular complexity index is 434. The maximum Gasteiger partial charge on any atom is 0.407 e. The van der Waals surface area contributed by atoms with Crippen molar-refractivity contribution in [2.75, 3.05) is 20.2 Å². The highest BCUT2D eigenvalue weighted by Gasteiger charge is 2.44. The van der Waals surface area contributed by atoms with Crippen molar-refractivity contribution >= 4 is 18.1 Å². The van der Waals surface area contributed by atoms with E-state index >= 15 is 0 Å². The Morgan fingerprint density at radius 1 is 1.29 bits per heavy atom. The second-order valence-corrected chi connectivity index (χ2v) is 5.59. The second kappa shape index (κ2) is 6.19. The fourth-order valence-electron chi connectivity index (χ4n) is 2.94. The number of carboxylic acids is 1. The van der Waals surface area contributed by atoms with E-state index in [1.54, 1.807) is 0 Å². The van der Waals surface area contributed by atoms with E-state index in [0.29, 0.717) is 32.4 Å². The third-order valence-corrected chi connectivity index (χ3v) is 4.20. The largest absolute Gasteiger partial charge is 0.480 e. The Balaban J connectivity index is 1.89. The highest BCUT2D eigenvalue weighted by molar-refractivity contribution is 5.86. The van der Waals surface area contributed by atoms with Crippen molar-refractivity contribution in [3.05, 3.63) is 0 Å². The number of carboxylic acid groups (broad SMARTS) is 1. The third kappa shape index (κ3) is 3.37. The molecule has 0 aromatic rings. The molecule has 0 bridgehead atoms. The predicted octanol–water partition coefficient (Wildman–Crippen LogP) is 0.524. The molecule has 1 saturated heterocycles. The molecule has 8 nitrogen and oxygen atoms in total. The normalized spacial score (nSPS) is 23.7. The standard InChI is InChI=1S/C13H21N3O5/c1-21-12(20)14-9-4-7-16(8-9)11(19)15-13(10(17)18)5-2-3-6-13/h9H,2-8H2,1H3,(H,14,20)(H,15,19)(H,17,18). The summed E-state index contributed by atoms with van der Waals surface area (Å²) in [5.41, 5.74) is -1.13. The first-order valence-electron chi connectivity index (χ1n) is 7.12. The van der Waals surface area contributed by atoms with Crippen LogP contribution in [0.3, 0.4) is 0 Å². The van der Waals surface area contributed by atoms with Gasteiger partial charge in [0.25, 0.3) is 0 Å². The van der Waals surface area contributed by atoms with E-state index < -0.39 is 17.6 Å². The second-order valence-electron chi connectivity index (χ2n) is 5.59. The number of carbonyl (C=O) groups excluding carboxylic acids is 2. The van der Waals surface area contributed by atoms with Crippen LogP contribution in [-0.2, 0) is 9.53 Å². The van der Waals surface area contributed by atoms with Crippen LogP contribution >= 0.6 is 0 Å². The lowest BCUT2D eigenvalue weighted by atomic mass is 9.98. The summed E-state index contributed by atoms with van der Waals surface area (Å²) in [6, 6.07) is -0.541. The molecule has 0 aromatic heterocycles. The van der Waals surface area contributed by atoms with Crippen LogP contribution in [0.15, 0.2) is 0 Å². The Kier molecular flexibility index (Phi) is 4.54. The van der Waals surface area contributed by atoms with Gasteiger partial charge < -0.3 is 25.4 Å². The van der Waals surface area contributed by atoms with Crippen LogP contribution in [0.1, 0.15) is 32.1 Å². The molecule has 1 saturated carbocycles. The number of methoxy groups -OCH3 is 1. The molecular weight excluding hydrogens is 278 g/mol. The first-order valence-corrected chi connectivity index (χ1v) is 7.12. The van der Waals surface area contributed by atoms with Gasteiger partial charge in [0.05, 0.1) is 13.2 Å². The van der Waals surface area contributed by atoms with Gasteiger partial charge in [-0.15, -0.1) is 0 Å². The minimum absolute atomic E-state index is 0.160. The average molecular weight is 299 g/mol. The monoisotopic (exact) mass is 299 g/mol. The number of nitrogens with zero attached hydrogens (tertiary/aromatic N) is 1. The highest BCUT2D eigenvalue weighted by atomic mass is 16.5. The molecule has 1 unspecified atom stereocenters. The van der Waals surface area contributed by atoms with Crippen molar-refractivity contribution in [1.82, 2.24) is 15.5 Å². The third-order valence-electron chi connectivity index (χ3n) is 4.20. The van der Waals surface area contributed by atoms with E-state index in [1.807, 2.05) is 0 Å². The Labute approximate surface area is 122 Å². The molecule has 0 spiro atoms. The molecule has 21 heavy (non-hydrogen) atoms. The minimum atomic E-state index is -1.13. The van der Waals surface area contributed by atoms with E-state index in [1.165, 1.54) is 12.0 Å². The molecular formula is C13H21N3O5. The van der Waals surface area contributed by atoms with E-state index in [4.69, 9.17) is 0 Å². The molecule has 0 radical (unpaired) electrons. The van der Waals surface area contributed by atoms with Gasteiger partial charge >= 0.3 is 18.1 Å². The molecule has 2 rings (SSSR count). The number of amides is 3. The molecule has 1 heterocycles. The van der Waals surface area contributed by atoms with Gasteiger partial charge in [0.15, 0.2) is 0 Å². The summed E-state index contributed by atoms with van der Waals surface area (Å²) >= 11 is 0. The lowest BCUT2D eigenvalue weighted by molar-refractivity contribution is -0.144. The van der Waals surface area contributed by atoms with Crippen LogP contribution in [0.5, 0.6) is 0 Å². The fourth-order valence-corrected chi connectivity index (χ4v) is 2.94. The van der Waals surface area contributed by atoms with Crippen molar-refractivity contribution in [2.24, 2.45) is 0 Å². The average Bonchev–Trinajstić information content (AvgIpc) is 3.08. The van der Waals surface area contributed by atoms with E-state index in [0.717, 1.165) is 12.8 Å². The quantitative estimate of drug-likeness (QED) is 0.704. The van der Waals surface area contributed by atoms with Crippen molar-refractivity contribution in [3.63, 3.8) is 0 Å². The van der Waals surface area contributed by atoms with Gasteiger partial charge in [0.1, 0.15) is 5.54 Å². The molecule has 118 valence electrons. The van der Waals surface area contributed by atoms with Gasteiger partial charge in [-0.2, -0.15) is 0 Å². The summed E-state index contributed by atoms with van der Waals surface area (Å²) in [5, 5.41) is 14.7. The van der Waals surface area contributed by atoms with Crippen molar-refractivity contribution in [2.45, 2.75) is 43.7 Å². The molecule has 2 aliphatic rings. The fraction of sp³-hybridized carbons (Fsp3) is 0.769. The zero-order valence-electron chi connectivity index (χ0n) is 12.1. The Morgan fingerprint density at radius 2 is 1.95 bits per heavy atom. The number of likely N-dealkylation sites (tertiary alicyclic amines) is 1. The molecule has 8 heteroatoms. The summed E-state index contributed by atoms with van der Waals surface area (Å²) in [4.78, 5) is 36.3. The number of urea groups is 1. The zero-order valence-corrected chi connectivity index (χ0v) is 12.1.